The molecule has 6 nitrogen and oxygen atoms in total. The van der Waals surface area contributed by atoms with Crippen LogP contribution >= 0.6 is 0 Å². The van der Waals surface area contributed by atoms with Crippen molar-refractivity contribution in [3.05, 3.63) is 35.9 Å². The van der Waals surface area contributed by atoms with Gasteiger partial charge in [0.15, 0.2) is 0 Å². The molecule has 0 saturated carbocycles. The Labute approximate surface area is 161 Å². The van der Waals surface area contributed by atoms with Crippen molar-refractivity contribution in [2.75, 3.05) is 32.8 Å². The van der Waals surface area contributed by atoms with E-state index < -0.39 is 6.10 Å². The lowest BCUT2D eigenvalue weighted by molar-refractivity contribution is -0.123. The summed E-state index contributed by atoms with van der Waals surface area (Å²) in [5.41, 5.74) is 0.803. The molecule has 27 heavy (non-hydrogen) atoms. The number of hydrogen-bond acceptors (Lipinski definition) is 5. The minimum absolute atomic E-state index is 0.0499. The molecule has 0 aliphatic carbocycles. The zero-order valence-electron chi connectivity index (χ0n) is 16.2. The number of rotatable bonds is 11. The predicted molar refractivity (Wildman–Crippen MR) is 104 cm³/mol. The van der Waals surface area contributed by atoms with Gasteiger partial charge in [0.25, 0.3) is 0 Å². The number of amides is 1. The van der Waals surface area contributed by atoms with Gasteiger partial charge in [-0.15, -0.1) is 0 Å². The first kappa shape index (κ1) is 21.5. The van der Waals surface area contributed by atoms with Gasteiger partial charge in [0, 0.05) is 32.5 Å². The molecule has 0 spiro atoms. The lowest BCUT2D eigenvalue weighted by Gasteiger charge is -2.33. The molecule has 0 unspecified atom stereocenters. The third-order valence-corrected chi connectivity index (χ3v) is 4.86. The Balaban J connectivity index is 1.88. The summed E-state index contributed by atoms with van der Waals surface area (Å²) in [6, 6.07) is 9.08. The number of benzene rings is 1. The van der Waals surface area contributed by atoms with Gasteiger partial charge < -0.3 is 20.0 Å². The first-order valence-electron chi connectivity index (χ1n) is 9.88. The lowest BCUT2D eigenvalue weighted by Crippen LogP contribution is -2.49. The van der Waals surface area contributed by atoms with E-state index >= 15 is 0 Å². The molecule has 1 amide bonds. The third-order valence-electron chi connectivity index (χ3n) is 4.86. The van der Waals surface area contributed by atoms with Gasteiger partial charge in [-0.1, -0.05) is 36.8 Å². The summed E-state index contributed by atoms with van der Waals surface area (Å²) in [6.07, 6.45) is 2.68. The zero-order chi connectivity index (χ0) is 19.5. The summed E-state index contributed by atoms with van der Waals surface area (Å²) in [4.78, 5) is 25.6. The quantitative estimate of drug-likeness (QED) is 0.578. The van der Waals surface area contributed by atoms with Crippen LogP contribution in [0.15, 0.2) is 30.3 Å². The van der Waals surface area contributed by atoms with Gasteiger partial charge in [-0.25, -0.2) is 0 Å². The highest BCUT2D eigenvalue weighted by Gasteiger charge is 2.26. The van der Waals surface area contributed by atoms with Crippen LogP contribution in [0, 0.1) is 0 Å². The Morgan fingerprint density at radius 3 is 2.44 bits per heavy atom. The van der Waals surface area contributed by atoms with E-state index in [4.69, 9.17) is 4.74 Å². The van der Waals surface area contributed by atoms with Crippen LogP contribution in [0.3, 0.4) is 0 Å². The number of morpholine rings is 1. The summed E-state index contributed by atoms with van der Waals surface area (Å²) in [5.74, 6) is 0.141. The highest BCUT2D eigenvalue weighted by molar-refractivity contribution is 5.76. The van der Waals surface area contributed by atoms with Crippen LogP contribution in [-0.2, 0) is 14.3 Å². The van der Waals surface area contributed by atoms with Crippen molar-refractivity contribution in [3.8, 4) is 0 Å². The van der Waals surface area contributed by atoms with Gasteiger partial charge in [0.05, 0.1) is 19.3 Å². The standard InChI is InChI=1S/C21H32N2O4/c1-17(24)8-4-2-7-11-20(25)22-19(16-23-12-14-27-15-13-23)21(26)18-9-5-3-6-10-18/h3,5-6,9-10,19,21,26H,2,4,7-8,11-16H2,1H3,(H,22,25)/t19-,21-/m0/s1. The molecule has 0 aromatic heterocycles. The second-order valence-electron chi connectivity index (χ2n) is 7.21. The highest BCUT2D eigenvalue weighted by atomic mass is 16.5. The molecule has 1 heterocycles. The van der Waals surface area contributed by atoms with E-state index in [2.05, 4.69) is 10.2 Å². The maximum atomic E-state index is 12.4. The molecule has 2 atom stereocenters. The first-order valence-corrected chi connectivity index (χ1v) is 9.88. The van der Waals surface area contributed by atoms with E-state index in [-0.39, 0.29) is 17.7 Å². The Bertz CT molecular complexity index is 573. The minimum Gasteiger partial charge on any atom is -0.386 e. The van der Waals surface area contributed by atoms with Crippen LogP contribution in [0.2, 0.25) is 0 Å². The Hall–Kier alpha value is -1.76. The molecule has 1 aliphatic heterocycles. The molecular weight excluding hydrogens is 344 g/mol. The fourth-order valence-electron chi connectivity index (χ4n) is 3.28. The third kappa shape index (κ3) is 8.20. The maximum Gasteiger partial charge on any atom is 0.220 e. The summed E-state index contributed by atoms with van der Waals surface area (Å²) in [7, 11) is 0. The Morgan fingerprint density at radius 2 is 1.78 bits per heavy atom. The van der Waals surface area contributed by atoms with Crippen LogP contribution < -0.4 is 5.32 Å². The average Bonchev–Trinajstić information content (AvgIpc) is 2.68. The van der Waals surface area contributed by atoms with Crippen molar-refractivity contribution >= 4 is 11.7 Å². The van der Waals surface area contributed by atoms with Gasteiger partial charge in [-0.3, -0.25) is 9.69 Å². The van der Waals surface area contributed by atoms with Gasteiger partial charge in [0.2, 0.25) is 5.91 Å². The SMILES string of the molecule is CC(=O)CCCCCC(=O)N[C@@H](CN1CCOCC1)[C@@H](O)c1ccccc1. The van der Waals surface area contributed by atoms with E-state index in [0.717, 1.165) is 37.9 Å². The molecule has 6 heteroatoms. The minimum atomic E-state index is -0.754. The maximum absolute atomic E-state index is 12.4. The number of nitrogens with one attached hydrogen (secondary N) is 1. The lowest BCUT2D eigenvalue weighted by atomic mass is 10.0. The first-order chi connectivity index (χ1) is 13.1. The number of aliphatic hydroxyl groups is 1. The predicted octanol–water partition coefficient (Wildman–Crippen LogP) is 2.08. The number of unbranched alkanes of at least 4 members (excludes halogenated alkanes) is 2. The van der Waals surface area contributed by atoms with Crippen LogP contribution in [-0.4, -0.2) is 60.6 Å². The Kier molecular flexibility index (Phi) is 9.45. The van der Waals surface area contributed by atoms with Gasteiger partial charge in [0.1, 0.15) is 11.9 Å². The molecule has 2 N–H and O–H groups in total. The van der Waals surface area contributed by atoms with Crippen molar-refractivity contribution in [3.63, 3.8) is 0 Å². The van der Waals surface area contributed by atoms with Crippen molar-refractivity contribution in [2.24, 2.45) is 0 Å². The average molecular weight is 376 g/mol. The van der Waals surface area contributed by atoms with Gasteiger partial charge in [-0.2, -0.15) is 0 Å². The van der Waals surface area contributed by atoms with Gasteiger partial charge >= 0.3 is 0 Å². The molecule has 1 aliphatic rings. The molecule has 2 rings (SSSR count). The topological polar surface area (TPSA) is 78.9 Å². The number of nitrogens with zero attached hydrogens (tertiary/aromatic N) is 1. The number of ether oxygens (including phenoxy) is 1. The smallest absolute Gasteiger partial charge is 0.220 e. The largest absolute Gasteiger partial charge is 0.386 e. The van der Waals surface area contributed by atoms with E-state index in [1.165, 1.54) is 0 Å². The summed E-state index contributed by atoms with van der Waals surface area (Å²) >= 11 is 0. The second-order valence-corrected chi connectivity index (χ2v) is 7.21. The highest BCUT2D eigenvalue weighted by Crippen LogP contribution is 2.18. The van der Waals surface area contributed by atoms with E-state index in [9.17, 15) is 14.7 Å². The fraction of sp³-hybridized carbons (Fsp3) is 0.619. The Morgan fingerprint density at radius 1 is 1.11 bits per heavy atom. The number of hydrogen-bond donors (Lipinski definition) is 2. The normalized spacial score (nSPS) is 17.3. The fourth-order valence-corrected chi connectivity index (χ4v) is 3.28. The molecule has 1 aromatic rings. The van der Waals surface area contributed by atoms with E-state index in [0.29, 0.717) is 32.6 Å². The molecule has 150 valence electrons. The number of carbonyl (C=O) groups is 2. The van der Waals surface area contributed by atoms with Crippen LogP contribution in [0.4, 0.5) is 0 Å². The van der Waals surface area contributed by atoms with Crippen molar-refractivity contribution in [1.29, 1.82) is 0 Å². The summed E-state index contributed by atoms with van der Waals surface area (Å²) < 4.78 is 5.38. The van der Waals surface area contributed by atoms with E-state index in [1.807, 2.05) is 30.3 Å². The van der Waals surface area contributed by atoms with Crippen molar-refractivity contribution in [2.45, 2.75) is 51.2 Å². The van der Waals surface area contributed by atoms with Gasteiger partial charge in [-0.05, 0) is 25.3 Å². The van der Waals surface area contributed by atoms with Crippen LogP contribution in [0.1, 0.15) is 50.7 Å². The molecule has 1 saturated heterocycles. The zero-order valence-corrected chi connectivity index (χ0v) is 16.2. The van der Waals surface area contributed by atoms with Crippen molar-refractivity contribution < 1.29 is 19.4 Å². The van der Waals surface area contributed by atoms with E-state index in [1.54, 1.807) is 6.92 Å². The van der Waals surface area contributed by atoms with Crippen LogP contribution in [0.25, 0.3) is 0 Å². The number of carbonyl (C=O) groups excluding carboxylic acids is 2. The second kappa shape index (κ2) is 11.8. The number of Topliss-reactive ketones (excluding diaryl/α,β-unsaturated/α-hetero) is 1. The number of ketones is 1. The molecule has 0 radical (unpaired) electrons. The molecule has 1 aromatic carbocycles. The molecular formula is C21H32N2O4. The van der Waals surface area contributed by atoms with Crippen molar-refractivity contribution in [1.82, 2.24) is 10.2 Å². The summed E-state index contributed by atoms with van der Waals surface area (Å²) in [5, 5.41) is 13.8. The number of aliphatic hydroxyl groups excluding tert-OH is 1. The summed E-state index contributed by atoms with van der Waals surface area (Å²) in [6.45, 7) is 5.15. The molecule has 1 fully saturated rings. The molecule has 0 bridgehead atoms. The monoisotopic (exact) mass is 376 g/mol. The van der Waals surface area contributed by atoms with Crippen LogP contribution in [0.5, 0.6) is 0 Å².